The first-order valence-electron chi connectivity index (χ1n) is 6.71. The molecule has 20 heavy (non-hydrogen) atoms. The van der Waals surface area contributed by atoms with Crippen LogP contribution in [0, 0.1) is 0 Å². The summed E-state index contributed by atoms with van der Waals surface area (Å²) in [6.45, 7) is 0.878. The molecule has 0 radical (unpaired) electrons. The summed E-state index contributed by atoms with van der Waals surface area (Å²) in [6.07, 6.45) is 1.32. The van der Waals surface area contributed by atoms with Gasteiger partial charge in [0.2, 0.25) is 0 Å². The molecule has 0 bridgehead atoms. The lowest BCUT2D eigenvalue weighted by atomic mass is 9.97. The molecule has 0 saturated carbocycles. The van der Waals surface area contributed by atoms with Crippen molar-refractivity contribution >= 4 is 21.7 Å². The minimum Gasteiger partial charge on any atom is -0.319 e. The fourth-order valence-corrected chi connectivity index (χ4v) is 2.42. The molecular formula is C17H18BrNO. The van der Waals surface area contributed by atoms with E-state index in [1.807, 2.05) is 55.6 Å². The van der Waals surface area contributed by atoms with E-state index >= 15 is 0 Å². The summed E-state index contributed by atoms with van der Waals surface area (Å²) in [5.74, 6) is 0.180. The standard InChI is InChI=1S/C17H18BrNO/c1-19-11-10-14-4-2-3-5-16(14)17(20)12-13-6-8-15(18)9-7-13/h2-9,19H,10-12H2,1H3. The predicted molar refractivity (Wildman–Crippen MR) is 86.2 cm³/mol. The number of rotatable bonds is 6. The van der Waals surface area contributed by atoms with Crippen LogP contribution in [0.4, 0.5) is 0 Å². The molecule has 0 unspecified atom stereocenters. The lowest BCUT2D eigenvalue weighted by molar-refractivity contribution is 0.0992. The SMILES string of the molecule is CNCCc1ccccc1C(=O)Cc1ccc(Br)cc1. The molecule has 0 amide bonds. The van der Waals surface area contributed by atoms with Gasteiger partial charge in [0, 0.05) is 16.5 Å². The fraction of sp³-hybridized carbons (Fsp3) is 0.235. The van der Waals surface area contributed by atoms with Gasteiger partial charge in [-0.25, -0.2) is 0 Å². The van der Waals surface area contributed by atoms with E-state index in [4.69, 9.17) is 0 Å². The summed E-state index contributed by atoms with van der Waals surface area (Å²) in [5, 5.41) is 3.12. The summed E-state index contributed by atoms with van der Waals surface area (Å²) in [6, 6.07) is 15.8. The van der Waals surface area contributed by atoms with E-state index in [1.54, 1.807) is 0 Å². The Balaban J connectivity index is 2.14. The zero-order valence-corrected chi connectivity index (χ0v) is 13.1. The third kappa shape index (κ3) is 4.02. The summed E-state index contributed by atoms with van der Waals surface area (Å²) in [5.41, 5.74) is 3.00. The average Bonchev–Trinajstić information content (AvgIpc) is 2.47. The van der Waals surface area contributed by atoms with Gasteiger partial charge in [-0.3, -0.25) is 4.79 Å². The van der Waals surface area contributed by atoms with Crippen molar-refractivity contribution in [2.24, 2.45) is 0 Å². The van der Waals surface area contributed by atoms with Gasteiger partial charge in [-0.2, -0.15) is 0 Å². The van der Waals surface area contributed by atoms with Gasteiger partial charge in [-0.1, -0.05) is 52.3 Å². The number of benzene rings is 2. The third-order valence-corrected chi connectivity index (χ3v) is 3.77. The molecule has 0 spiro atoms. The van der Waals surface area contributed by atoms with Gasteiger partial charge in [0.25, 0.3) is 0 Å². The van der Waals surface area contributed by atoms with Crippen LogP contribution in [-0.4, -0.2) is 19.4 Å². The number of halogens is 1. The van der Waals surface area contributed by atoms with E-state index in [2.05, 4.69) is 21.2 Å². The maximum atomic E-state index is 12.5. The number of hydrogen-bond donors (Lipinski definition) is 1. The second kappa shape index (κ2) is 7.36. The molecule has 2 aromatic rings. The van der Waals surface area contributed by atoms with Crippen molar-refractivity contribution < 1.29 is 4.79 Å². The van der Waals surface area contributed by atoms with Gasteiger partial charge >= 0.3 is 0 Å². The first-order chi connectivity index (χ1) is 9.70. The minimum absolute atomic E-state index is 0.180. The number of nitrogens with one attached hydrogen (secondary N) is 1. The molecule has 2 aromatic carbocycles. The van der Waals surface area contributed by atoms with E-state index in [9.17, 15) is 4.79 Å². The maximum absolute atomic E-state index is 12.5. The number of likely N-dealkylation sites (N-methyl/N-ethyl adjacent to an activating group) is 1. The van der Waals surface area contributed by atoms with Crippen molar-refractivity contribution in [2.75, 3.05) is 13.6 Å². The lowest BCUT2D eigenvalue weighted by Crippen LogP contribution is -2.14. The van der Waals surface area contributed by atoms with E-state index in [1.165, 1.54) is 0 Å². The highest BCUT2D eigenvalue weighted by molar-refractivity contribution is 9.10. The summed E-state index contributed by atoms with van der Waals surface area (Å²) < 4.78 is 1.03. The molecule has 2 rings (SSSR count). The fourth-order valence-electron chi connectivity index (χ4n) is 2.15. The Labute approximate surface area is 128 Å². The summed E-state index contributed by atoms with van der Waals surface area (Å²) in [4.78, 5) is 12.5. The number of hydrogen-bond acceptors (Lipinski definition) is 2. The van der Waals surface area contributed by atoms with Crippen LogP contribution < -0.4 is 5.32 Å². The van der Waals surface area contributed by atoms with Crippen molar-refractivity contribution in [1.29, 1.82) is 0 Å². The highest BCUT2D eigenvalue weighted by Gasteiger charge is 2.11. The summed E-state index contributed by atoms with van der Waals surface area (Å²) in [7, 11) is 1.92. The molecule has 104 valence electrons. The topological polar surface area (TPSA) is 29.1 Å². The van der Waals surface area contributed by atoms with E-state index < -0.39 is 0 Å². The molecule has 0 atom stereocenters. The average molecular weight is 332 g/mol. The highest BCUT2D eigenvalue weighted by Crippen LogP contribution is 2.15. The van der Waals surface area contributed by atoms with E-state index in [0.717, 1.165) is 34.1 Å². The Morgan fingerprint density at radius 2 is 1.80 bits per heavy atom. The predicted octanol–water partition coefficient (Wildman–Crippen LogP) is 3.64. The van der Waals surface area contributed by atoms with Crippen LogP contribution in [0.15, 0.2) is 53.0 Å². The Bertz CT molecular complexity index is 578. The zero-order chi connectivity index (χ0) is 14.4. The molecule has 0 heterocycles. The van der Waals surface area contributed by atoms with Crippen molar-refractivity contribution in [3.8, 4) is 0 Å². The molecule has 0 aromatic heterocycles. The second-order valence-electron chi connectivity index (χ2n) is 4.74. The quantitative estimate of drug-likeness (QED) is 0.819. The summed E-state index contributed by atoms with van der Waals surface area (Å²) >= 11 is 3.40. The normalized spacial score (nSPS) is 10.5. The van der Waals surface area contributed by atoms with E-state index in [-0.39, 0.29) is 5.78 Å². The van der Waals surface area contributed by atoms with Crippen LogP contribution in [-0.2, 0) is 12.8 Å². The second-order valence-corrected chi connectivity index (χ2v) is 5.65. The Morgan fingerprint density at radius 1 is 1.10 bits per heavy atom. The molecule has 1 N–H and O–H groups in total. The molecule has 0 saturated heterocycles. The van der Waals surface area contributed by atoms with Crippen LogP contribution in [0.5, 0.6) is 0 Å². The number of carbonyl (C=O) groups is 1. The number of ketones is 1. The minimum atomic E-state index is 0.180. The van der Waals surface area contributed by atoms with Crippen LogP contribution >= 0.6 is 15.9 Å². The highest BCUT2D eigenvalue weighted by atomic mass is 79.9. The molecule has 0 aliphatic heterocycles. The van der Waals surface area contributed by atoms with Gasteiger partial charge in [0.1, 0.15) is 0 Å². The zero-order valence-electron chi connectivity index (χ0n) is 11.5. The molecule has 0 aliphatic rings. The molecular weight excluding hydrogens is 314 g/mol. The van der Waals surface area contributed by atoms with Crippen molar-refractivity contribution in [3.63, 3.8) is 0 Å². The maximum Gasteiger partial charge on any atom is 0.167 e. The molecule has 2 nitrogen and oxygen atoms in total. The van der Waals surface area contributed by atoms with Crippen LogP contribution in [0.3, 0.4) is 0 Å². The first-order valence-corrected chi connectivity index (χ1v) is 7.50. The number of Topliss-reactive ketones (excluding diaryl/α,β-unsaturated/α-hetero) is 1. The van der Waals surface area contributed by atoms with Crippen LogP contribution in [0.25, 0.3) is 0 Å². The Hall–Kier alpha value is -1.45. The van der Waals surface area contributed by atoms with Gasteiger partial charge in [0.15, 0.2) is 5.78 Å². The molecule has 0 aliphatic carbocycles. The lowest BCUT2D eigenvalue weighted by Gasteiger charge is -2.08. The Morgan fingerprint density at radius 3 is 2.50 bits per heavy atom. The van der Waals surface area contributed by atoms with Crippen LogP contribution in [0.2, 0.25) is 0 Å². The van der Waals surface area contributed by atoms with Gasteiger partial charge < -0.3 is 5.32 Å². The van der Waals surface area contributed by atoms with Crippen LogP contribution in [0.1, 0.15) is 21.5 Å². The van der Waals surface area contributed by atoms with Crippen molar-refractivity contribution in [2.45, 2.75) is 12.8 Å². The largest absolute Gasteiger partial charge is 0.319 e. The monoisotopic (exact) mass is 331 g/mol. The van der Waals surface area contributed by atoms with Gasteiger partial charge in [-0.15, -0.1) is 0 Å². The Kier molecular flexibility index (Phi) is 5.50. The van der Waals surface area contributed by atoms with Gasteiger partial charge in [0.05, 0.1) is 0 Å². The third-order valence-electron chi connectivity index (χ3n) is 3.24. The molecule has 0 fully saturated rings. The smallest absolute Gasteiger partial charge is 0.167 e. The van der Waals surface area contributed by atoms with E-state index in [0.29, 0.717) is 6.42 Å². The first kappa shape index (κ1) is 14.9. The van der Waals surface area contributed by atoms with Gasteiger partial charge in [-0.05, 0) is 43.3 Å². The van der Waals surface area contributed by atoms with Crippen molar-refractivity contribution in [1.82, 2.24) is 5.32 Å². The number of carbonyl (C=O) groups excluding carboxylic acids is 1. The van der Waals surface area contributed by atoms with Crippen molar-refractivity contribution in [3.05, 3.63) is 69.7 Å². The molecule has 3 heteroatoms.